The Hall–Kier alpha value is -1.32. The van der Waals surface area contributed by atoms with Gasteiger partial charge in [-0.3, -0.25) is 0 Å². The van der Waals surface area contributed by atoms with Crippen LogP contribution in [-0.2, 0) is 6.42 Å². The Bertz CT molecular complexity index is 289. The number of ether oxygens (including phenoxy) is 1. The molecule has 0 amide bonds. The van der Waals surface area contributed by atoms with Gasteiger partial charge < -0.3 is 10.5 Å². The highest BCUT2D eigenvalue weighted by Crippen LogP contribution is 2.11. The van der Waals surface area contributed by atoms with Crippen molar-refractivity contribution in [2.24, 2.45) is 0 Å². The van der Waals surface area contributed by atoms with Crippen molar-refractivity contribution in [2.45, 2.75) is 33.1 Å². The van der Waals surface area contributed by atoms with Gasteiger partial charge in [-0.2, -0.15) is 4.98 Å². The molecule has 0 saturated carbocycles. The minimum absolute atomic E-state index is 0.481. The number of nitrogen functional groups attached to an aromatic ring is 1. The second-order valence-electron chi connectivity index (χ2n) is 3.15. The van der Waals surface area contributed by atoms with E-state index in [9.17, 15) is 0 Å². The van der Waals surface area contributed by atoms with E-state index in [0.717, 1.165) is 25.1 Å². The fraction of sp³-hybridized carbons (Fsp3) is 0.600. The van der Waals surface area contributed by atoms with E-state index in [1.54, 1.807) is 6.07 Å². The zero-order valence-corrected chi connectivity index (χ0v) is 8.79. The molecule has 1 rings (SSSR count). The lowest BCUT2D eigenvalue weighted by Crippen LogP contribution is -2.04. The van der Waals surface area contributed by atoms with Crippen LogP contribution in [0.4, 0.5) is 5.82 Å². The molecule has 14 heavy (non-hydrogen) atoms. The number of hydrogen-bond acceptors (Lipinski definition) is 4. The topological polar surface area (TPSA) is 61.0 Å². The third-order valence-electron chi connectivity index (χ3n) is 1.70. The first-order valence-electron chi connectivity index (χ1n) is 5.02. The summed E-state index contributed by atoms with van der Waals surface area (Å²) in [5, 5.41) is 0. The van der Waals surface area contributed by atoms with E-state index in [-0.39, 0.29) is 0 Å². The van der Waals surface area contributed by atoms with Crippen LogP contribution in [0.3, 0.4) is 0 Å². The normalized spacial score (nSPS) is 10.1. The van der Waals surface area contributed by atoms with Crippen molar-refractivity contribution in [3.8, 4) is 5.88 Å². The van der Waals surface area contributed by atoms with Crippen molar-refractivity contribution < 1.29 is 4.74 Å². The Labute approximate surface area is 84.5 Å². The molecule has 0 aliphatic rings. The third kappa shape index (κ3) is 3.20. The third-order valence-corrected chi connectivity index (χ3v) is 1.70. The molecular weight excluding hydrogens is 178 g/mol. The van der Waals surface area contributed by atoms with Crippen LogP contribution in [-0.4, -0.2) is 16.6 Å². The van der Waals surface area contributed by atoms with Gasteiger partial charge >= 0.3 is 0 Å². The second-order valence-corrected chi connectivity index (χ2v) is 3.15. The first-order chi connectivity index (χ1) is 6.76. The van der Waals surface area contributed by atoms with Gasteiger partial charge in [0.1, 0.15) is 11.6 Å². The Morgan fingerprint density at radius 3 is 2.71 bits per heavy atom. The van der Waals surface area contributed by atoms with E-state index >= 15 is 0 Å². The largest absolute Gasteiger partial charge is 0.478 e. The lowest BCUT2D eigenvalue weighted by molar-refractivity contribution is 0.304. The predicted octanol–water partition coefficient (Wildman–Crippen LogP) is 1.80. The molecule has 0 aromatic carbocycles. The lowest BCUT2D eigenvalue weighted by Gasteiger charge is -2.05. The number of nitrogens with zero attached hydrogens (tertiary/aromatic N) is 2. The molecule has 1 aromatic rings. The summed E-state index contributed by atoms with van der Waals surface area (Å²) in [4.78, 5) is 8.37. The van der Waals surface area contributed by atoms with Crippen molar-refractivity contribution in [1.29, 1.82) is 0 Å². The molecule has 0 spiro atoms. The van der Waals surface area contributed by atoms with Gasteiger partial charge in [0.15, 0.2) is 0 Å². The molecule has 4 nitrogen and oxygen atoms in total. The number of aromatic nitrogens is 2. The molecular formula is C10H17N3O. The van der Waals surface area contributed by atoms with Gasteiger partial charge in [0.05, 0.1) is 6.61 Å². The smallest absolute Gasteiger partial charge is 0.218 e. The van der Waals surface area contributed by atoms with E-state index in [2.05, 4.69) is 23.8 Å². The second kappa shape index (κ2) is 5.42. The van der Waals surface area contributed by atoms with Gasteiger partial charge in [-0.1, -0.05) is 13.8 Å². The SMILES string of the molecule is CCCOc1cc(N)nc(CCC)n1. The van der Waals surface area contributed by atoms with Crippen LogP contribution in [0.5, 0.6) is 5.88 Å². The van der Waals surface area contributed by atoms with Crippen LogP contribution >= 0.6 is 0 Å². The van der Waals surface area contributed by atoms with E-state index in [0.29, 0.717) is 18.3 Å². The van der Waals surface area contributed by atoms with E-state index in [1.165, 1.54) is 0 Å². The molecule has 1 heterocycles. The van der Waals surface area contributed by atoms with Crippen molar-refractivity contribution in [1.82, 2.24) is 9.97 Å². The van der Waals surface area contributed by atoms with Crippen molar-refractivity contribution >= 4 is 5.82 Å². The average Bonchev–Trinajstić information content (AvgIpc) is 2.14. The summed E-state index contributed by atoms with van der Waals surface area (Å²) in [6.07, 6.45) is 2.82. The van der Waals surface area contributed by atoms with Crippen LogP contribution in [0.25, 0.3) is 0 Å². The molecule has 1 aromatic heterocycles. The van der Waals surface area contributed by atoms with Gasteiger partial charge in [0.2, 0.25) is 5.88 Å². The standard InChI is InChI=1S/C10H17N3O/c1-3-5-9-12-8(11)7-10(13-9)14-6-4-2/h7H,3-6H2,1-2H3,(H2,11,12,13). The number of anilines is 1. The summed E-state index contributed by atoms with van der Waals surface area (Å²) in [5.41, 5.74) is 5.63. The number of aryl methyl sites for hydroxylation is 1. The lowest BCUT2D eigenvalue weighted by atomic mass is 10.3. The molecule has 0 atom stereocenters. The molecule has 4 heteroatoms. The van der Waals surface area contributed by atoms with Gasteiger partial charge in [-0.15, -0.1) is 0 Å². The zero-order chi connectivity index (χ0) is 10.4. The molecule has 2 N–H and O–H groups in total. The van der Waals surface area contributed by atoms with Crippen LogP contribution in [0.15, 0.2) is 6.07 Å². The first kappa shape index (κ1) is 10.8. The fourth-order valence-electron chi connectivity index (χ4n) is 1.11. The quantitative estimate of drug-likeness (QED) is 0.778. The van der Waals surface area contributed by atoms with E-state index in [4.69, 9.17) is 10.5 Å². The summed E-state index contributed by atoms with van der Waals surface area (Å²) in [7, 11) is 0. The number of hydrogen-bond donors (Lipinski definition) is 1. The fourth-order valence-corrected chi connectivity index (χ4v) is 1.11. The van der Waals surface area contributed by atoms with Gasteiger partial charge in [-0.25, -0.2) is 4.98 Å². The highest BCUT2D eigenvalue weighted by molar-refractivity contribution is 5.32. The summed E-state index contributed by atoms with van der Waals surface area (Å²) >= 11 is 0. The Morgan fingerprint density at radius 1 is 1.29 bits per heavy atom. The van der Waals surface area contributed by atoms with Crippen LogP contribution in [0.1, 0.15) is 32.5 Å². The molecule has 0 bridgehead atoms. The summed E-state index contributed by atoms with van der Waals surface area (Å²) in [6, 6.07) is 1.66. The monoisotopic (exact) mass is 195 g/mol. The van der Waals surface area contributed by atoms with E-state index < -0.39 is 0 Å². The van der Waals surface area contributed by atoms with E-state index in [1.807, 2.05) is 0 Å². The molecule has 0 unspecified atom stereocenters. The average molecular weight is 195 g/mol. The maximum Gasteiger partial charge on any atom is 0.218 e. The van der Waals surface area contributed by atoms with Crippen molar-refractivity contribution in [2.75, 3.05) is 12.3 Å². The summed E-state index contributed by atoms with van der Waals surface area (Å²) in [5.74, 6) is 1.83. The highest BCUT2D eigenvalue weighted by atomic mass is 16.5. The molecule has 0 aliphatic heterocycles. The van der Waals surface area contributed by atoms with Crippen LogP contribution in [0.2, 0.25) is 0 Å². The Kier molecular flexibility index (Phi) is 4.16. The first-order valence-corrected chi connectivity index (χ1v) is 5.02. The number of rotatable bonds is 5. The predicted molar refractivity (Wildman–Crippen MR) is 56.2 cm³/mol. The molecule has 0 aliphatic carbocycles. The van der Waals surface area contributed by atoms with Crippen LogP contribution in [0, 0.1) is 0 Å². The van der Waals surface area contributed by atoms with Gasteiger partial charge in [0, 0.05) is 12.5 Å². The van der Waals surface area contributed by atoms with Crippen molar-refractivity contribution in [3.63, 3.8) is 0 Å². The highest BCUT2D eigenvalue weighted by Gasteiger charge is 2.02. The van der Waals surface area contributed by atoms with Crippen molar-refractivity contribution in [3.05, 3.63) is 11.9 Å². The zero-order valence-electron chi connectivity index (χ0n) is 8.79. The van der Waals surface area contributed by atoms with Gasteiger partial charge in [0.25, 0.3) is 0 Å². The minimum Gasteiger partial charge on any atom is -0.478 e. The number of nitrogens with two attached hydrogens (primary N) is 1. The molecule has 0 fully saturated rings. The minimum atomic E-state index is 0.481. The van der Waals surface area contributed by atoms with Gasteiger partial charge in [-0.05, 0) is 12.8 Å². The molecule has 0 radical (unpaired) electrons. The maximum absolute atomic E-state index is 5.63. The Balaban J connectivity index is 2.73. The Morgan fingerprint density at radius 2 is 2.07 bits per heavy atom. The summed E-state index contributed by atoms with van der Waals surface area (Å²) in [6.45, 7) is 4.80. The summed E-state index contributed by atoms with van der Waals surface area (Å²) < 4.78 is 5.39. The maximum atomic E-state index is 5.63. The molecule has 0 saturated heterocycles. The van der Waals surface area contributed by atoms with Crippen LogP contribution < -0.4 is 10.5 Å². The molecule has 78 valence electrons.